The van der Waals surface area contributed by atoms with E-state index in [0.717, 1.165) is 12.1 Å². The van der Waals surface area contributed by atoms with E-state index in [9.17, 15) is 0 Å². The van der Waals surface area contributed by atoms with Gasteiger partial charge in [0.05, 0.1) is 0 Å². The molecule has 0 N–H and O–H groups in total. The molecular weight excluding hydrogens is 160 g/mol. The lowest BCUT2D eigenvalue weighted by atomic mass is 10.1. The Hall–Kier alpha value is -0.0800. The highest BCUT2D eigenvalue weighted by Crippen LogP contribution is 2.23. The van der Waals surface area contributed by atoms with Gasteiger partial charge >= 0.3 is 0 Å². The highest BCUT2D eigenvalue weighted by atomic mass is 15.2. The fraction of sp³-hybridized carbons (Fsp3) is 1.00. The molecule has 2 heteroatoms. The molecule has 0 spiro atoms. The van der Waals surface area contributed by atoms with Gasteiger partial charge in [-0.2, -0.15) is 0 Å². The molecule has 2 atom stereocenters. The minimum Gasteiger partial charge on any atom is -0.302 e. The molecule has 2 aliphatic heterocycles. The summed E-state index contributed by atoms with van der Waals surface area (Å²) in [6.07, 6.45) is 5.65. The molecule has 0 bridgehead atoms. The number of nitrogens with zero attached hydrogens (tertiary/aromatic N) is 2. The second-order valence-corrected chi connectivity index (χ2v) is 4.67. The first-order valence-electron chi connectivity index (χ1n) is 5.73. The summed E-state index contributed by atoms with van der Waals surface area (Å²) in [5.74, 6) is 0. The van der Waals surface area contributed by atoms with Crippen molar-refractivity contribution in [3.8, 4) is 0 Å². The molecule has 0 amide bonds. The van der Waals surface area contributed by atoms with Crippen molar-refractivity contribution in [2.45, 2.75) is 44.7 Å². The van der Waals surface area contributed by atoms with E-state index < -0.39 is 0 Å². The third-order valence-corrected chi connectivity index (χ3v) is 3.85. The molecule has 2 rings (SSSR count). The molecule has 2 saturated heterocycles. The quantitative estimate of drug-likeness (QED) is 0.639. The van der Waals surface area contributed by atoms with E-state index >= 15 is 0 Å². The SMILES string of the molecule is CC(C1CCCN1C)N1CCCC1. The lowest BCUT2D eigenvalue weighted by Gasteiger charge is -2.33. The monoisotopic (exact) mass is 182 g/mol. The fourth-order valence-electron chi connectivity index (χ4n) is 2.94. The smallest absolute Gasteiger partial charge is 0.0246 e. The zero-order chi connectivity index (χ0) is 9.26. The van der Waals surface area contributed by atoms with E-state index in [4.69, 9.17) is 0 Å². The van der Waals surface area contributed by atoms with Gasteiger partial charge in [-0.15, -0.1) is 0 Å². The number of likely N-dealkylation sites (N-methyl/N-ethyl adjacent to an activating group) is 1. The first kappa shape index (κ1) is 9.47. The third-order valence-electron chi connectivity index (χ3n) is 3.85. The average molecular weight is 182 g/mol. The van der Waals surface area contributed by atoms with E-state index in [0.29, 0.717) is 0 Å². The summed E-state index contributed by atoms with van der Waals surface area (Å²) in [4.78, 5) is 5.22. The number of rotatable bonds is 2. The van der Waals surface area contributed by atoms with Crippen molar-refractivity contribution in [3.05, 3.63) is 0 Å². The van der Waals surface area contributed by atoms with E-state index in [1.54, 1.807) is 0 Å². The molecule has 0 aliphatic carbocycles. The average Bonchev–Trinajstić information content (AvgIpc) is 2.72. The Bertz CT molecular complexity index is 163. The van der Waals surface area contributed by atoms with Gasteiger partial charge in [0.25, 0.3) is 0 Å². The van der Waals surface area contributed by atoms with Gasteiger partial charge in [0, 0.05) is 12.1 Å². The Kier molecular flexibility index (Phi) is 2.89. The Labute approximate surface area is 81.9 Å². The van der Waals surface area contributed by atoms with Gasteiger partial charge in [0.15, 0.2) is 0 Å². The maximum atomic E-state index is 2.67. The van der Waals surface area contributed by atoms with Crippen LogP contribution in [0.3, 0.4) is 0 Å². The predicted octanol–water partition coefficient (Wildman–Crippen LogP) is 1.56. The Balaban J connectivity index is 1.91. The molecule has 13 heavy (non-hydrogen) atoms. The lowest BCUT2D eigenvalue weighted by Crippen LogP contribution is -2.45. The van der Waals surface area contributed by atoms with E-state index in [1.165, 1.54) is 45.3 Å². The molecule has 2 heterocycles. The molecule has 2 aliphatic rings. The van der Waals surface area contributed by atoms with Crippen molar-refractivity contribution >= 4 is 0 Å². The molecule has 2 fully saturated rings. The summed E-state index contributed by atoms with van der Waals surface area (Å²) < 4.78 is 0. The highest BCUT2D eigenvalue weighted by Gasteiger charge is 2.30. The van der Waals surface area contributed by atoms with Crippen molar-refractivity contribution in [1.82, 2.24) is 9.80 Å². The minimum absolute atomic E-state index is 0.787. The van der Waals surface area contributed by atoms with Crippen molar-refractivity contribution in [2.24, 2.45) is 0 Å². The van der Waals surface area contributed by atoms with Crippen LogP contribution in [0.4, 0.5) is 0 Å². The summed E-state index contributed by atoms with van der Waals surface area (Å²) in [6.45, 7) is 6.40. The molecule has 0 aromatic rings. The molecular formula is C11H22N2. The first-order chi connectivity index (χ1) is 6.29. The summed E-state index contributed by atoms with van der Waals surface area (Å²) in [5, 5.41) is 0. The normalized spacial score (nSPS) is 34.2. The van der Waals surface area contributed by atoms with Crippen LogP contribution in [0.1, 0.15) is 32.6 Å². The standard InChI is InChI=1S/C11H22N2/c1-10(13-8-3-4-9-13)11-6-5-7-12(11)2/h10-11H,3-9H2,1-2H3. The second kappa shape index (κ2) is 3.97. The summed E-state index contributed by atoms with van der Waals surface area (Å²) in [6, 6.07) is 1.62. The zero-order valence-corrected chi connectivity index (χ0v) is 9.00. The van der Waals surface area contributed by atoms with E-state index in [2.05, 4.69) is 23.8 Å². The molecule has 76 valence electrons. The van der Waals surface area contributed by atoms with Crippen molar-refractivity contribution < 1.29 is 0 Å². The zero-order valence-electron chi connectivity index (χ0n) is 9.00. The van der Waals surface area contributed by atoms with Gasteiger partial charge in [0.2, 0.25) is 0 Å². The molecule has 2 unspecified atom stereocenters. The fourth-order valence-corrected chi connectivity index (χ4v) is 2.94. The topological polar surface area (TPSA) is 6.48 Å². The Morgan fingerprint density at radius 1 is 1.08 bits per heavy atom. The Morgan fingerprint density at radius 2 is 1.77 bits per heavy atom. The summed E-state index contributed by atoms with van der Waals surface area (Å²) >= 11 is 0. The van der Waals surface area contributed by atoms with Gasteiger partial charge in [-0.3, -0.25) is 4.90 Å². The second-order valence-electron chi connectivity index (χ2n) is 4.67. The number of hydrogen-bond donors (Lipinski definition) is 0. The summed E-state index contributed by atoms with van der Waals surface area (Å²) in [7, 11) is 2.28. The van der Waals surface area contributed by atoms with Crippen LogP contribution in [0, 0.1) is 0 Å². The minimum atomic E-state index is 0.787. The third kappa shape index (κ3) is 1.89. The van der Waals surface area contributed by atoms with Crippen LogP contribution in [-0.4, -0.2) is 48.6 Å². The Morgan fingerprint density at radius 3 is 2.31 bits per heavy atom. The molecule has 0 aromatic heterocycles. The van der Waals surface area contributed by atoms with Gasteiger partial charge in [-0.25, -0.2) is 0 Å². The van der Waals surface area contributed by atoms with Crippen LogP contribution in [0.2, 0.25) is 0 Å². The van der Waals surface area contributed by atoms with E-state index in [1.807, 2.05) is 0 Å². The van der Waals surface area contributed by atoms with Crippen LogP contribution < -0.4 is 0 Å². The highest BCUT2D eigenvalue weighted by molar-refractivity contribution is 4.88. The van der Waals surface area contributed by atoms with Crippen molar-refractivity contribution in [1.29, 1.82) is 0 Å². The van der Waals surface area contributed by atoms with Gasteiger partial charge < -0.3 is 4.90 Å². The predicted molar refractivity (Wildman–Crippen MR) is 55.9 cm³/mol. The lowest BCUT2D eigenvalue weighted by molar-refractivity contribution is 0.152. The molecule has 2 nitrogen and oxygen atoms in total. The van der Waals surface area contributed by atoms with Crippen molar-refractivity contribution in [3.63, 3.8) is 0 Å². The molecule has 0 aromatic carbocycles. The van der Waals surface area contributed by atoms with Crippen molar-refractivity contribution in [2.75, 3.05) is 26.7 Å². The molecule has 0 radical (unpaired) electrons. The maximum Gasteiger partial charge on any atom is 0.0246 e. The largest absolute Gasteiger partial charge is 0.302 e. The first-order valence-corrected chi connectivity index (χ1v) is 5.73. The van der Waals surface area contributed by atoms with Crippen LogP contribution in [-0.2, 0) is 0 Å². The van der Waals surface area contributed by atoms with Crippen LogP contribution >= 0.6 is 0 Å². The number of likely N-dealkylation sites (tertiary alicyclic amines) is 2. The van der Waals surface area contributed by atoms with Gasteiger partial charge in [0.1, 0.15) is 0 Å². The van der Waals surface area contributed by atoms with Crippen LogP contribution in [0.5, 0.6) is 0 Å². The van der Waals surface area contributed by atoms with Crippen LogP contribution in [0.25, 0.3) is 0 Å². The van der Waals surface area contributed by atoms with Crippen LogP contribution in [0.15, 0.2) is 0 Å². The van der Waals surface area contributed by atoms with Gasteiger partial charge in [-0.1, -0.05) is 0 Å². The molecule has 0 saturated carbocycles. The number of hydrogen-bond acceptors (Lipinski definition) is 2. The van der Waals surface area contributed by atoms with Gasteiger partial charge in [-0.05, 0) is 59.3 Å². The van der Waals surface area contributed by atoms with E-state index in [-0.39, 0.29) is 0 Å². The summed E-state index contributed by atoms with van der Waals surface area (Å²) in [5.41, 5.74) is 0. The maximum absolute atomic E-state index is 2.67.